The molecule has 0 bridgehead atoms. The molecule has 0 spiro atoms. The van der Waals surface area contributed by atoms with E-state index in [4.69, 9.17) is 14.2 Å². The lowest BCUT2D eigenvalue weighted by atomic mass is 9.94. The molecule has 0 saturated carbocycles. The van der Waals surface area contributed by atoms with Crippen LogP contribution in [-0.4, -0.2) is 49.3 Å². The zero-order chi connectivity index (χ0) is 25.5. The number of ether oxygens (including phenoxy) is 3. The molecule has 1 saturated heterocycles. The van der Waals surface area contributed by atoms with Crippen LogP contribution in [0.4, 0.5) is 10.5 Å². The highest BCUT2D eigenvalue weighted by Crippen LogP contribution is 2.32. The molecule has 1 fully saturated rings. The number of nitrogens with one attached hydrogen (secondary N) is 1. The topological polar surface area (TPSA) is 60.0 Å². The van der Waals surface area contributed by atoms with Gasteiger partial charge in [0.15, 0.2) is 5.79 Å². The summed E-state index contributed by atoms with van der Waals surface area (Å²) in [6, 6.07) is 6.51. The highest BCUT2D eigenvalue weighted by Gasteiger charge is 2.44. The van der Waals surface area contributed by atoms with E-state index in [9.17, 15) is 4.79 Å². The molecule has 6 nitrogen and oxygen atoms in total. The number of amides is 1. The van der Waals surface area contributed by atoms with Crippen molar-refractivity contribution in [2.45, 2.75) is 103 Å². The van der Waals surface area contributed by atoms with Gasteiger partial charge in [-0.3, -0.25) is 0 Å². The Balaban J connectivity index is 1.73. The number of nitrogens with zero attached hydrogens (tertiary/aromatic N) is 1. The minimum absolute atomic E-state index is 0.354. The second-order valence-corrected chi connectivity index (χ2v) is 11.4. The standard InChI is InChI=1S/C29H44N2O4/c1-7-8-9-10-11-12-14-23-16-17-25-24(19-23)15-13-18-31(25)20-29(21-33-28(5,6)34-22-29)30-26(32)35-27(2,3)4/h16-17,19H,7-11,13,15,18,20-22H2,1-6H3,(H,30,32). The van der Waals surface area contributed by atoms with Crippen LogP contribution >= 0.6 is 0 Å². The van der Waals surface area contributed by atoms with Gasteiger partial charge in [-0.15, -0.1) is 0 Å². The van der Waals surface area contributed by atoms with Crippen molar-refractivity contribution in [1.29, 1.82) is 0 Å². The van der Waals surface area contributed by atoms with Gasteiger partial charge in [-0.25, -0.2) is 4.79 Å². The first-order valence-electron chi connectivity index (χ1n) is 13.2. The minimum atomic E-state index is -0.705. The van der Waals surface area contributed by atoms with E-state index >= 15 is 0 Å². The maximum atomic E-state index is 12.7. The van der Waals surface area contributed by atoms with E-state index in [2.05, 4.69) is 47.2 Å². The summed E-state index contributed by atoms with van der Waals surface area (Å²) in [6.45, 7) is 13.8. The Kier molecular flexibility index (Phi) is 9.12. The first kappa shape index (κ1) is 27.4. The third-order valence-electron chi connectivity index (χ3n) is 6.33. The molecular weight excluding hydrogens is 440 g/mol. The summed E-state index contributed by atoms with van der Waals surface area (Å²) in [7, 11) is 0. The molecule has 0 aromatic heterocycles. The molecule has 2 aliphatic rings. The Morgan fingerprint density at radius 2 is 1.91 bits per heavy atom. The summed E-state index contributed by atoms with van der Waals surface area (Å²) < 4.78 is 17.6. The molecule has 35 heavy (non-hydrogen) atoms. The first-order valence-corrected chi connectivity index (χ1v) is 13.2. The fraction of sp³-hybridized carbons (Fsp3) is 0.690. The van der Waals surface area contributed by atoms with Crippen molar-refractivity contribution >= 4 is 11.8 Å². The molecule has 0 unspecified atom stereocenters. The fourth-order valence-electron chi connectivity index (χ4n) is 4.52. The Morgan fingerprint density at radius 1 is 1.17 bits per heavy atom. The van der Waals surface area contributed by atoms with Gasteiger partial charge in [0.25, 0.3) is 0 Å². The number of hydrogen-bond donors (Lipinski definition) is 1. The molecule has 0 aliphatic carbocycles. The van der Waals surface area contributed by atoms with Gasteiger partial charge in [-0.05, 0) is 77.6 Å². The predicted octanol–water partition coefficient (Wildman–Crippen LogP) is 5.81. The van der Waals surface area contributed by atoms with Crippen molar-refractivity contribution in [2.24, 2.45) is 0 Å². The van der Waals surface area contributed by atoms with Crippen LogP contribution < -0.4 is 10.2 Å². The number of hydrogen-bond acceptors (Lipinski definition) is 5. The van der Waals surface area contributed by atoms with E-state index in [-0.39, 0.29) is 0 Å². The average molecular weight is 485 g/mol. The van der Waals surface area contributed by atoms with E-state index in [0.29, 0.717) is 19.8 Å². The lowest BCUT2D eigenvalue weighted by molar-refractivity contribution is -0.269. The maximum absolute atomic E-state index is 12.7. The number of benzene rings is 1. The molecule has 194 valence electrons. The molecular formula is C29H44N2O4. The molecule has 1 aromatic carbocycles. The predicted molar refractivity (Wildman–Crippen MR) is 141 cm³/mol. The number of carbonyl (C=O) groups is 1. The van der Waals surface area contributed by atoms with Crippen molar-refractivity contribution in [2.75, 3.05) is 31.2 Å². The second-order valence-electron chi connectivity index (χ2n) is 11.4. The van der Waals surface area contributed by atoms with E-state index < -0.39 is 23.0 Å². The number of unbranched alkanes of at least 4 members (excludes halogenated alkanes) is 4. The van der Waals surface area contributed by atoms with Gasteiger partial charge in [-0.2, -0.15) is 0 Å². The number of aryl methyl sites for hydroxylation is 1. The van der Waals surface area contributed by atoms with E-state index in [1.54, 1.807) is 0 Å². The molecule has 1 N–H and O–H groups in total. The Bertz CT molecular complexity index is 913. The number of rotatable bonds is 7. The van der Waals surface area contributed by atoms with Crippen LogP contribution in [0.15, 0.2) is 18.2 Å². The van der Waals surface area contributed by atoms with Crippen LogP contribution in [-0.2, 0) is 20.6 Å². The van der Waals surface area contributed by atoms with Gasteiger partial charge in [-0.1, -0.05) is 38.0 Å². The summed E-state index contributed by atoms with van der Waals surface area (Å²) in [5.41, 5.74) is 2.29. The van der Waals surface area contributed by atoms with Gasteiger partial charge in [0.2, 0.25) is 0 Å². The SMILES string of the molecule is CCCCCCC#Cc1ccc2c(c1)CCCN2CC1(NC(=O)OC(C)(C)C)COC(C)(C)OC1. The van der Waals surface area contributed by atoms with Gasteiger partial charge in [0, 0.05) is 30.8 Å². The summed E-state index contributed by atoms with van der Waals surface area (Å²) in [5, 5.41) is 3.09. The van der Waals surface area contributed by atoms with Crippen molar-refractivity contribution in [3.05, 3.63) is 29.3 Å². The monoisotopic (exact) mass is 484 g/mol. The normalized spacial score (nSPS) is 18.7. The average Bonchev–Trinajstić information content (AvgIpc) is 2.77. The molecule has 1 aromatic rings. The zero-order valence-electron chi connectivity index (χ0n) is 22.6. The third-order valence-corrected chi connectivity index (χ3v) is 6.33. The first-order chi connectivity index (χ1) is 16.5. The van der Waals surface area contributed by atoms with Crippen molar-refractivity contribution < 1.29 is 19.0 Å². The fourth-order valence-corrected chi connectivity index (χ4v) is 4.52. The summed E-state index contributed by atoms with van der Waals surface area (Å²) in [6.07, 6.45) is 7.56. The van der Waals surface area contributed by atoms with Crippen molar-refractivity contribution in [3.8, 4) is 11.8 Å². The second kappa shape index (κ2) is 11.7. The highest BCUT2D eigenvalue weighted by molar-refractivity contribution is 5.69. The molecule has 0 atom stereocenters. The zero-order valence-corrected chi connectivity index (χ0v) is 22.6. The Morgan fingerprint density at radius 3 is 2.60 bits per heavy atom. The van der Waals surface area contributed by atoms with E-state index in [1.807, 2.05) is 34.6 Å². The summed E-state index contributed by atoms with van der Waals surface area (Å²) >= 11 is 0. The van der Waals surface area contributed by atoms with E-state index in [0.717, 1.165) is 31.4 Å². The summed E-state index contributed by atoms with van der Waals surface area (Å²) in [4.78, 5) is 15.1. The quantitative estimate of drug-likeness (QED) is 0.391. The molecule has 6 heteroatoms. The van der Waals surface area contributed by atoms with Crippen LogP contribution in [0.1, 0.15) is 91.2 Å². The number of alkyl carbamates (subject to hydrolysis) is 1. The van der Waals surface area contributed by atoms with Crippen LogP contribution in [0.25, 0.3) is 0 Å². The molecule has 1 amide bonds. The Labute approximate surface area is 212 Å². The number of fused-ring (bicyclic) bond motifs is 1. The van der Waals surface area contributed by atoms with Gasteiger partial charge >= 0.3 is 6.09 Å². The molecule has 2 heterocycles. The van der Waals surface area contributed by atoms with Gasteiger partial charge in [0.1, 0.15) is 11.1 Å². The molecule has 3 rings (SSSR count). The van der Waals surface area contributed by atoms with Crippen LogP contribution in [0.3, 0.4) is 0 Å². The maximum Gasteiger partial charge on any atom is 0.408 e. The molecule has 0 radical (unpaired) electrons. The number of carbonyl (C=O) groups excluding carboxylic acids is 1. The van der Waals surface area contributed by atoms with Crippen LogP contribution in [0, 0.1) is 11.8 Å². The Hall–Kier alpha value is -2.23. The third kappa shape index (κ3) is 8.44. The van der Waals surface area contributed by atoms with Crippen LogP contribution in [0.2, 0.25) is 0 Å². The van der Waals surface area contributed by atoms with Crippen molar-refractivity contribution in [3.63, 3.8) is 0 Å². The largest absolute Gasteiger partial charge is 0.444 e. The van der Waals surface area contributed by atoms with Crippen LogP contribution in [0.5, 0.6) is 0 Å². The highest BCUT2D eigenvalue weighted by atomic mass is 16.7. The van der Waals surface area contributed by atoms with Gasteiger partial charge in [0.05, 0.1) is 13.2 Å². The minimum Gasteiger partial charge on any atom is -0.444 e. The lowest BCUT2D eigenvalue weighted by Gasteiger charge is -2.47. The van der Waals surface area contributed by atoms with E-state index in [1.165, 1.54) is 36.9 Å². The summed E-state index contributed by atoms with van der Waals surface area (Å²) in [5.74, 6) is 6.01. The van der Waals surface area contributed by atoms with Crippen molar-refractivity contribution in [1.82, 2.24) is 5.32 Å². The molecule has 2 aliphatic heterocycles. The number of anilines is 1. The van der Waals surface area contributed by atoms with Gasteiger partial charge < -0.3 is 24.4 Å². The smallest absolute Gasteiger partial charge is 0.408 e. The lowest BCUT2D eigenvalue weighted by Crippen LogP contribution is -2.66.